The fourth-order valence-electron chi connectivity index (χ4n) is 7.56. The lowest BCUT2D eigenvalue weighted by Gasteiger charge is -2.32. The summed E-state index contributed by atoms with van der Waals surface area (Å²) in [5.41, 5.74) is 3.02. The van der Waals surface area contributed by atoms with Crippen LogP contribution in [0, 0.1) is 0 Å². The van der Waals surface area contributed by atoms with E-state index in [2.05, 4.69) is 27.1 Å². The number of piperidine rings is 1. The van der Waals surface area contributed by atoms with E-state index in [1.54, 1.807) is 56.4 Å². The van der Waals surface area contributed by atoms with Gasteiger partial charge in [0, 0.05) is 64.3 Å². The maximum Gasteiger partial charge on any atom is 0.262 e. The average molecular weight is 753 g/mol. The van der Waals surface area contributed by atoms with E-state index in [-0.39, 0.29) is 35.6 Å². The Hall–Kier alpha value is -5.60. The van der Waals surface area contributed by atoms with Gasteiger partial charge in [-0.25, -0.2) is 0 Å². The molecular weight excluding hydrogens is 704 g/mol. The molecule has 14 nitrogen and oxygen atoms in total. The molecule has 0 bridgehead atoms. The van der Waals surface area contributed by atoms with Crippen LogP contribution in [0.1, 0.15) is 58.4 Å². The molecule has 1 unspecified atom stereocenters. The van der Waals surface area contributed by atoms with E-state index in [1.165, 1.54) is 7.05 Å². The number of imide groups is 1. The van der Waals surface area contributed by atoms with Crippen molar-refractivity contribution in [3.63, 3.8) is 0 Å². The highest BCUT2D eigenvalue weighted by Gasteiger charge is 2.42. The molecule has 14 heteroatoms. The number of ether oxygens (including phenoxy) is 3. The lowest BCUT2D eigenvalue weighted by atomic mass is 9.99. The molecule has 2 aliphatic rings. The monoisotopic (exact) mass is 752 g/mol. The van der Waals surface area contributed by atoms with Gasteiger partial charge in [0.15, 0.2) is 0 Å². The van der Waals surface area contributed by atoms with E-state index in [0.717, 1.165) is 72.4 Å². The number of carbonyl (C=O) groups excluding carboxylic acids is 4. The summed E-state index contributed by atoms with van der Waals surface area (Å²) in [7, 11) is 8.55. The van der Waals surface area contributed by atoms with Gasteiger partial charge in [0.2, 0.25) is 5.91 Å². The van der Waals surface area contributed by atoms with Crippen LogP contribution >= 0.6 is 0 Å². The van der Waals surface area contributed by atoms with Crippen molar-refractivity contribution in [2.45, 2.75) is 50.8 Å². The minimum Gasteiger partial charge on any atom is -0.496 e. The van der Waals surface area contributed by atoms with Crippen LogP contribution in [0.5, 0.6) is 17.2 Å². The van der Waals surface area contributed by atoms with Crippen LogP contribution in [0.4, 0.5) is 0 Å². The molecule has 2 aromatic carbocycles. The molecule has 6 rings (SSSR count). The van der Waals surface area contributed by atoms with Crippen LogP contribution in [0.25, 0.3) is 21.9 Å². The van der Waals surface area contributed by atoms with Crippen LogP contribution in [-0.4, -0.2) is 115 Å². The van der Waals surface area contributed by atoms with Crippen LogP contribution in [0.2, 0.25) is 0 Å². The molecule has 3 amide bonds. The fourth-order valence-corrected chi connectivity index (χ4v) is 7.56. The van der Waals surface area contributed by atoms with Crippen molar-refractivity contribution in [1.82, 2.24) is 29.6 Å². The summed E-state index contributed by atoms with van der Waals surface area (Å²) in [5, 5.41) is 3.85. The standard InChI is InChI=1S/C41H48N6O8/c1-42-38(49)35(8-6-19-48)47-40(51)30-10-9-28(22-31(30)41(47)52)55-27-12-17-46(18-13-27)16-7-15-44(2)24-34-36(53-4)20-26(21-37(34)54-5)33-25-45(3)39(50)32-23-43-14-11-29(32)33/h9-11,14,19-23,25,27,35H,6-8,12-13,15-18,24H2,1-5H3,(H,42,49). The smallest absolute Gasteiger partial charge is 0.262 e. The molecule has 4 heterocycles. The number of hydrogen-bond donors (Lipinski definition) is 1. The van der Waals surface area contributed by atoms with Gasteiger partial charge in [-0.2, -0.15) is 0 Å². The Morgan fingerprint density at radius 2 is 1.71 bits per heavy atom. The second-order valence-corrected chi connectivity index (χ2v) is 14.1. The molecule has 0 aliphatic carbocycles. The van der Waals surface area contributed by atoms with Crippen LogP contribution in [0.3, 0.4) is 0 Å². The number of nitrogens with zero attached hydrogens (tertiary/aromatic N) is 5. The first-order valence-corrected chi connectivity index (χ1v) is 18.5. The Morgan fingerprint density at radius 1 is 1.00 bits per heavy atom. The number of aromatic nitrogens is 2. The zero-order valence-corrected chi connectivity index (χ0v) is 32.0. The Morgan fingerprint density at radius 3 is 2.38 bits per heavy atom. The zero-order chi connectivity index (χ0) is 39.2. The molecule has 1 fully saturated rings. The maximum absolute atomic E-state index is 13.3. The number of aryl methyl sites for hydroxylation is 1. The van der Waals surface area contributed by atoms with Gasteiger partial charge < -0.3 is 38.7 Å². The molecule has 1 atom stereocenters. The number of pyridine rings is 2. The number of likely N-dealkylation sites (tertiary alicyclic amines) is 1. The molecule has 0 spiro atoms. The van der Waals surface area contributed by atoms with Crippen LogP contribution in [-0.2, 0) is 23.2 Å². The van der Waals surface area contributed by atoms with E-state index in [1.807, 2.05) is 24.4 Å². The number of likely N-dealkylation sites (N-methyl/N-ethyl adjacent to an activating group) is 1. The number of benzene rings is 2. The Labute approximate surface area is 320 Å². The first kappa shape index (κ1) is 39.1. The topological polar surface area (TPSA) is 153 Å². The number of hydrogen-bond acceptors (Lipinski definition) is 11. The first-order chi connectivity index (χ1) is 26.6. The fraction of sp³-hybridized carbons (Fsp3) is 0.415. The maximum atomic E-state index is 13.3. The minimum atomic E-state index is -1.06. The quantitative estimate of drug-likeness (QED) is 0.132. The average Bonchev–Trinajstić information content (AvgIpc) is 3.44. The number of methoxy groups -OCH3 is 2. The van der Waals surface area contributed by atoms with Crippen molar-refractivity contribution in [3.8, 4) is 28.4 Å². The van der Waals surface area contributed by atoms with E-state index < -0.39 is 23.8 Å². The van der Waals surface area contributed by atoms with E-state index in [9.17, 15) is 24.0 Å². The summed E-state index contributed by atoms with van der Waals surface area (Å²) < 4.78 is 19.6. The highest BCUT2D eigenvalue weighted by molar-refractivity contribution is 6.23. The number of nitrogens with one attached hydrogen (secondary N) is 1. The van der Waals surface area contributed by atoms with E-state index >= 15 is 0 Å². The third kappa shape index (κ3) is 8.25. The summed E-state index contributed by atoms with van der Waals surface area (Å²) >= 11 is 0. The number of aldehydes is 1. The lowest BCUT2D eigenvalue weighted by molar-refractivity contribution is -0.124. The summed E-state index contributed by atoms with van der Waals surface area (Å²) in [6, 6.07) is 9.63. The van der Waals surface area contributed by atoms with Crippen molar-refractivity contribution in [1.29, 1.82) is 0 Å². The molecular formula is C41H48N6O8. The lowest BCUT2D eigenvalue weighted by Crippen LogP contribution is -2.48. The number of fused-ring (bicyclic) bond motifs is 2. The van der Waals surface area contributed by atoms with Gasteiger partial charge in [-0.15, -0.1) is 0 Å². The van der Waals surface area contributed by atoms with Gasteiger partial charge in [0.1, 0.15) is 35.7 Å². The van der Waals surface area contributed by atoms with Gasteiger partial charge in [-0.05, 0) is 93.2 Å². The minimum absolute atomic E-state index is 0.0372. The van der Waals surface area contributed by atoms with Crippen LogP contribution < -0.4 is 25.1 Å². The van der Waals surface area contributed by atoms with Crippen molar-refractivity contribution in [3.05, 3.63) is 82.0 Å². The summed E-state index contributed by atoms with van der Waals surface area (Å²) in [6.07, 6.45) is 8.45. The molecule has 2 aliphatic heterocycles. The third-order valence-electron chi connectivity index (χ3n) is 10.5. The van der Waals surface area contributed by atoms with Crippen molar-refractivity contribution < 1.29 is 33.4 Å². The van der Waals surface area contributed by atoms with Crippen molar-refractivity contribution in [2.75, 3.05) is 54.5 Å². The molecule has 0 saturated carbocycles. The van der Waals surface area contributed by atoms with Gasteiger partial charge in [-0.3, -0.25) is 29.1 Å². The number of carbonyl (C=O) groups is 4. The zero-order valence-electron chi connectivity index (χ0n) is 32.0. The molecule has 4 aromatic rings. The highest BCUT2D eigenvalue weighted by Crippen LogP contribution is 2.38. The SMILES string of the molecule is CNC(=O)C(CCC=O)N1C(=O)c2ccc(OC3CCN(CCCN(C)Cc4c(OC)cc(-c5cn(C)c(=O)c6cnccc56)cc4OC)CC3)cc2C1=O. The predicted octanol–water partition coefficient (Wildman–Crippen LogP) is 3.67. The Bertz CT molecular complexity index is 2120. The summed E-state index contributed by atoms with van der Waals surface area (Å²) in [6.45, 7) is 4.15. The Kier molecular flexibility index (Phi) is 12.3. The molecule has 1 N–H and O–H groups in total. The van der Waals surface area contributed by atoms with Gasteiger partial charge in [0.05, 0.1) is 36.3 Å². The van der Waals surface area contributed by atoms with E-state index in [4.69, 9.17) is 14.2 Å². The van der Waals surface area contributed by atoms with Gasteiger partial charge in [-0.1, -0.05) is 0 Å². The Balaban J connectivity index is 1.01. The third-order valence-corrected chi connectivity index (χ3v) is 10.5. The summed E-state index contributed by atoms with van der Waals surface area (Å²) in [4.78, 5) is 72.4. The second-order valence-electron chi connectivity index (χ2n) is 14.1. The normalized spacial score (nSPS) is 15.3. The first-order valence-electron chi connectivity index (χ1n) is 18.5. The van der Waals surface area contributed by atoms with E-state index in [0.29, 0.717) is 35.5 Å². The largest absolute Gasteiger partial charge is 0.496 e. The number of amides is 3. The predicted molar refractivity (Wildman–Crippen MR) is 207 cm³/mol. The highest BCUT2D eigenvalue weighted by atomic mass is 16.5. The molecule has 2 aromatic heterocycles. The van der Waals surface area contributed by atoms with Crippen molar-refractivity contribution >= 4 is 34.8 Å². The number of rotatable bonds is 16. The second kappa shape index (κ2) is 17.2. The van der Waals surface area contributed by atoms with Crippen LogP contribution in [0.15, 0.2) is 59.8 Å². The molecule has 290 valence electrons. The summed E-state index contributed by atoms with van der Waals surface area (Å²) in [5.74, 6) is 0.310. The van der Waals surface area contributed by atoms with Gasteiger partial charge >= 0.3 is 0 Å². The molecule has 55 heavy (non-hydrogen) atoms. The van der Waals surface area contributed by atoms with Crippen molar-refractivity contribution in [2.24, 2.45) is 7.05 Å². The molecule has 0 radical (unpaired) electrons. The molecule has 1 saturated heterocycles. The van der Waals surface area contributed by atoms with Gasteiger partial charge in [0.25, 0.3) is 17.4 Å².